The van der Waals surface area contributed by atoms with Gasteiger partial charge in [0, 0.05) is 27.9 Å². The molecule has 0 radical (unpaired) electrons. The first-order valence-corrected chi connectivity index (χ1v) is 9.03. The normalized spacial score (nSPS) is 10.4. The van der Waals surface area contributed by atoms with E-state index in [0.717, 1.165) is 9.13 Å². The minimum Gasteiger partial charge on any atom is -0.439 e. The van der Waals surface area contributed by atoms with Crippen LogP contribution >= 0.6 is 22.6 Å². The van der Waals surface area contributed by atoms with Crippen LogP contribution in [0.2, 0.25) is 0 Å². The predicted octanol–water partition coefficient (Wildman–Crippen LogP) is 4.86. The number of aromatic nitrogens is 1. The molecule has 1 N–H and O–H groups in total. The fourth-order valence-corrected chi connectivity index (χ4v) is 2.99. The number of halogens is 2. The van der Waals surface area contributed by atoms with Crippen LogP contribution < -0.4 is 10.1 Å². The Bertz CT molecular complexity index is 947. The molecule has 6 heteroatoms. The Labute approximate surface area is 164 Å². The maximum Gasteiger partial charge on any atom is 0.252 e. The minimum absolute atomic E-state index is 0.168. The first-order chi connectivity index (χ1) is 12.5. The molecule has 132 valence electrons. The van der Waals surface area contributed by atoms with Crippen LogP contribution in [-0.2, 0) is 6.54 Å². The van der Waals surface area contributed by atoms with Gasteiger partial charge in [-0.05, 0) is 59.3 Å². The Morgan fingerprint density at radius 3 is 2.81 bits per heavy atom. The third-order valence-corrected chi connectivity index (χ3v) is 5.17. The summed E-state index contributed by atoms with van der Waals surface area (Å²) in [6, 6.07) is 15.0. The van der Waals surface area contributed by atoms with Gasteiger partial charge < -0.3 is 10.1 Å². The van der Waals surface area contributed by atoms with Crippen molar-refractivity contribution in [3.8, 4) is 11.6 Å². The second-order valence-corrected chi connectivity index (χ2v) is 6.72. The molecule has 0 atom stereocenters. The SMILES string of the molecule is Cc1cccc(C(=O)NCc2cccnc2Oc2cccc(F)c2)c1I. The van der Waals surface area contributed by atoms with Gasteiger partial charge in [0.15, 0.2) is 0 Å². The van der Waals surface area contributed by atoms with E-state index in [1.54, 1.807) is 30.5 Å². The van der Waals surface area contributed by atoms with Crippen molar-refractivity contribution in [1.29, 1.82) is 0 Å². The van der Waals surface area contributed by atoms with Crippen LogP contribution in [0.15, 0.2) is 60.8 Å². The standard InChI is InChI=1S/C20H16FIN2O2/c1-13-5-2-9-17(18(13)22)19(25)24-12-14-6-4-10-23-20(14)26-16-8-3-7-15(21)11-16/h2-11H,12H2,1H3,(H,24,25). The average molecular weight is 462 g/mol. The number of nitrogens with zero attached hydrogens (tertiary/aromatic N) is 1. The second kappa shape index (κ2) is 8.27. The van der Waals surface area contributed by atoms with Crippen molar-refractivity contribution in [2.45, 2.75) is 13.5 Å². The van der Waals surface area contributed by atoms with E-state index in [-0.39, 0.29) is 18.3 Å². The molecule has 4 nitrogen and oxygen atoms in total. The molecule has 0 aliphatic rings. The first-order valence-electron chi connectivity index (χ1n) is 7.95. The lowest BCUT2D eigenvalue weighted by Crippen LogP contribution is -2.24. The summed E-state index contributed by atoms with van der Waals surface area (Å²) in [6.07, 6.45) is 1.59. The summed E-state index contributed by atoms with van der Waals surface area (Å²) >= 11 is 2.17. The molecule has 0 aliphatic heterocycles. The Balaban J connectivity index is 1.74. The summed E-state index contributed by atoms with van der Waals surface area (Å²) < 4.78 is 19.9. The van der Waals surface area contributed by atoms with E-state index in [1.807, 2.05) is 25.1 Å². The van der Waals surface area contributed by atoms with Crippen LogP contribution in [0, 0.1) is 16.3 Å². The van der Waals surface area contributed by atoms with Gasteiger partial charge >= 0.3 is 0 Å². The van der Waals surface area contributed by atoms with Crippen molar-refractivity contribution in [3.63, 3.8) is 0 Å². The zero-order chi connectivity index (χ0) is 18.5. The molecular formula is C20H16FIN2O2. The van der Waals surface area contributed by atoms with Crippen molar-refractivity contribution >= 4 is 28.5 Å². The Morgan fingerprint density at radius 1 is 1.19 bits per heavy atom. The molecule has 0 bridgehead atoms. The fraction of sp³-hybridized carbons (Fsp3) is 0.100. The minimum atomic E-state index is -0.387. The highest BCUT2D eigenvalue weighted by Gasteiger charge is 2.13. The van der Waals surface area contributed by atoms with Gasteiger partial charge in [-0.25, -0.2) is 9.37 Å². The van der Waals surface area contributed by atoms with Gasteiger partial charge in [0.2, 0.25) is 5.88 Å². The lowest BCUT2D eigenvalue weighted by Gasteiger charge is -2.12. The number of benzene rings is 2. The second-order valence-electron chi connectivity index (χ2n) is 5.65. The molecule has 0 aliphatic carbocycles. The number of nitrogens with one attached hydrogen (secondary N) is 1. The molecule has 0 fully saturated rings. The number of ether oxygens (including phenoxy) is 1. The molecule has 3 rings (SSSR count). The van der Waals surface area contributed by atoms with Crippen LogP contribution in [0.5, 0.6) is 11.6 Å². The van der Waals surface area contributed by atoms with Crippen LogP contribution in [-0.4, -0.2) is 10.9 Å². The van der Waals surface area contributed by atoms with E-state index in [0.29, 0.717) is 22.8 Å². The molecule has 0 saturated carbocycles. The predicted molar refractivity (Wildman–Crippen MR) is 106 cm³/mol. The van der Waals surface area contributed by atoms with Crippen LogP contribution in [0.4, 0.5) is 4.39 Å². The number of hydrogen-bond donors (Lipinski definition) is 1. The molecule has 3 aromatic rings. The first kappa shape index (κ1) is 18.3. The van der Waals surface area contributed by atoms with Crippen LogP contribution in [0.3, 0.4) is 0 Å². The molecule has 0 spiro atoms. The summed E-state index contributed by atoms with van der Waals surface area (Å²) in [6.45, 7) is 2.21. The van der Waals surface area contributed by atoms with Gasteiger partial charge in [-0.3, -0.25) is 4.79 Å². The quantitative estimate of drug-likeness (QED) is 0.552. The van der Waals surface area contributed by atoms with Crippen molar-refractivity contribution in [2.75, 3.05) is 0 Å². The molecule has 2 aromatic carbocycles. The maximum absolute atomic E-state index is 13.3. The summed E-state index contributed by atoms with van der Waals surface area (Å²) in [4.78, 5) is 16.7. The Kier molecular flexibility index (Phi) is 5.82. The number of carbonyl (C=O) groups is 1. The van der Waals surface area contributed by atoms with E-state index in [9.17, 15) is 9.18 Å². The molecular weight excluding hydrogens is 446 g/mol. The number of amides is 1. The molecule has 1 aromatic heterocycles. The Hall–Kier alpha value is -2.48. The van der Waals surface area contributed by atoms with E-state index in [1.165, 1.54) is 12.1 Å². The molecule has 1 amide bonds. The Morgan fingerprint density at radius 2 is 2.00 bits per heavy atom. The van der Waals surface area contributed by atoms with Crippen molar-refractivity contribution < 1.29 is 13.9 Å². The summed E-state index contributed by atoms with van der Waals surface area (Å²) in [5.74, 6) is 0.128. The largest absolute Gasteiger partial charge is 0.439 e. The van der Waals surface area contributed by atoms with Gasteiger partial charge in [-0.2, -0.15) is 0 Å². The zero-order valence-corrected chi connectivity index (χ0v) is 16.2. The van der Waals surface area contributed by atoms with E-state index < -0.39 is 0 Å². The third kappa shape index (κ3) is 4.37. The van der Waals surface area contributed by atoms with E-state index in [2.05, 4.69) is 32.9 Å². The molecule has 1 heterocycles. The molecule has 0 unspecified atom stereocenters. The van der Waals surface area contributed by atoms with E-state index >= 15 is 0 Å². The smallest absolute Gasteiger partial charge is 0.252 e. The average Bonchev–Trinajstić information content (AvgIpc) is 2.63. The van der Waals surface area contributed by atoms with Gasteiger partial charge in [0.05, 0.1) is 5.56 Å². The summed E-state index contributed by atoms with van der Waals surface area (Å²) in [7, 11) is 0. The lowest BCUT2D eigenvalue weighted by atomic mass is 10.1. The lowest BCUT2D eigenvalue weighted by molar-refractivity contribution is 0.0949. The monoisotopic (exact) mass is 462 g/mol. The van der Waals surface area contributed by atoms with Crippen LogP contribution in [0.1, 0.15) is 21.5 Å². The van der Waals surface area contributed by atoms with E-state index in [4.69, 9.17) is 4.74 Å². The highest BCUT2D eigenvalue weighted by molar-refractivity contribution is 14.1. The third-order valence-electron chi connectivity index (χ3n) is 3.74. The maximum atomic E-state index is 13.3. The highest BCUT2D eigenvalue weighted by atomic mass is 127. The van der Waals surface area contributed by atoms with Gasteiger partial charge in [-0.1, -0.05) is 24.3 Å². The van der Waals surface area contributed by atoms with Crippen molar-refractivity contribution in [3.05, 3.63) is 86.9 Å². The molecule has 0 saturated heterocycles. The van der Waals surface area contributed by atoms with Crippen molar-refractivity contribution in [2.24, 2.45) is 0 Å². The summed E-state index contributed by atoms with van der Waals surface area (Å²) in [5, 5.41) is 2.88. The number of aryl methyl sites for hydroxylation is 1. The number of pyridine rings is 1. The van der Waals surface area contributed by atoms with Gasteiger partial charge in [0.25, 0.3) is 5.91 Å². The zero-order valence-electron chi connectivity index (χ0n) is 14.0. The highest BCUT2D eigenvalue weighted by Crippen LogP contribution is 2.23. The number of rotatable bonds is 5. The van der Waals surface area contributed by atoms with Gasteiger partial charge in [-0.15, -0.1) is 0 Å². The summed E-state index contributed by atoms with van der Waals surface area (Å²) in [5.41, 5.74) is 2.38. The number of hydrogen-bond acceptors (Lipinski definition) is 3. The number of carbonyl (C=O) groups excluding carboxylic acids is 1. The van der Waals surface area contributed by atoms with Crippen molar-refractivity contribution in [1.82, 2.24) is 10.3 Å². The van der Waals surface area contributed by atoms with Crippen LogP contribution in [0.25, 0.3) is 0 Å². The fourth-order valence-electron chi connectivity index (χ4n) is 2.39. The molecule has 26 heavy (non-hydrogen) atoms. The van der Waals surface area contributed by atoms with Gasteiger partial charge in [0.1, 0.15) is 11.6 Å². The topological polar surface area (TPSA) is 51.2 Å².